The van der Waals surface area contributed by atoms with Crippen LogP contribution in [0.3, 0.4) is 0 Å². The summed E-state index contributed by atoms with van der Waals surface area (Å²) in [5.41, 5.74) is 2.60. The zero-order valence-corrected chi connectivity index (χ0v) is 8.31. The van der Waals surface area contributed by atoms with Crippen LogP contribution in [0.15, 0.2) is 18.6 Å². The molecule has 0 bridgehead atoms. The molecule has 0 unspecified atom stereocenters. The van der Waals surface area contributed by atoms with Gasteiger partial charge in [-0.1, -0.05) is 13.8 Å². The van der Waals surface area contributed by atoms with E-state index in [0.29, 0.717) is 5.92 Å². The highest BCUT2D eigenvalue weighted by atomic mass is 16.3. The maximum atomic E-state index is 9.27. The molecule has 0 aliphatic carbocycles. The summed E-state index contributed by atoms with van der Waals surface area (Å²) in [4.78, 5) is 8.42. The lowest BCUT2D eigenvalue weighted by Gasteiger charge is -2.03. The Kier molecular flexibility index (Phi) is 2.21. The molecule has 0 aliphatic rings. The Morgan fingerprint density at radius 2 is 2.29 bits per heavy atom. The average molecular weight is 191 g/mol. The number of fused-ring (bicyclic) bond motifs is 1. The summed E-state index contributed by atoms with van der Waals surface area (Å²) in [6.45, 7) is 4.14. The van der Waals surface area contributed by atoms with E-state index in [1.54, 1.807) is 12.4 Å². The lowest BCUT2D eigenvalue weighted by molar-refractivity contribution is 0.274. The SMILES string of the molecule is CC(C)c1nc2cnccn2c1CO. The second-order valence-electron chi connectivity index (χ2n) is 3.56. The van der Waals surface area contributed by atoms with E-state index in [-0.39, 0.29) is 6.61 Å². The van der Waals surface area contributed by atoms with E-state index < -0.39 is 0 Å². The van der Waals surface area contributed by atoms with Crippen molar-refractivity contribution in [2.24, 2.45) is 0 Å². The number of imidazole rings is 1. The summed E-state index contributed by atoms with van der Waals surface area (Å²) in [7, 11) is 0. The van der Waals surface area contributed by atoms with Gasteiger partial charge in [0.2, 0.25) is 0 Å². The van der Waals surface area contributed by atoms with Gasteiger partial charge in [-0.25, -0.2) is 4.98 Å². The quantitative estimate of drug-likeness (QED) is 0.779. The highest BCUT2D eigenvalue weighted by Gasteiger charge is 2.13. The van der Waals surface area contributed by atoms with Gasteiger partial charge < -0.3 is 5.11 Å². The summed E-state index contributed by atoms with van der Waals surface area (Å²) in [5, 5.41) is 9.27. The van der Waals surface area contributed by atoms with Gasteiger partial charge in [0.1, 0.15) is 0 Å². The zero-order chi connectivity index (χ0) is 10.1. The number of aliphatic hydroxyl groups is 1. The van der Waals surface area contributed by atoms with E-state index in [1.807, 2.05) is 10.6 Å². The molecule has 0 amide bonds. The summed E-state index contributed by atoms with van der Waals surface area (Å²) >= 11 is 0. The van der Waals surface area contributed by atoms with Crippen molar-refractivity contribution in [2.45, 2.75) is 26.4 Å². The molecule has 14 heavy (non-hydrogen) atoms. The number of hydrogen-bond acceptors (Lipinski definition) is 3. The Morgan fingerprint density at radius 3 is 2.93 bits per heavy atom. The first-order chi connectivity index (χ1) is 6.74. The fourth-order valence-corrected chi connectivity index (χ4v) is 1.60. The van der Waals surface area contributed by atoms with Gasteiger partial charge in [0, 0.05) is 12.4 Å². The summed E-state index contributed by atoms with van der Waals surface area (Å²) in [6, 6.07) is 0. The van der Waals surface area contributed by atoms with Crippen molar-refractivity contribution in [2.75, 3.05) is 0 Å². The van der Waals surface area contributed by atoms with Crippen LogP contribution < -0.4 is 0 Å². The van der Waals surface area contributed by atoms with Crippen molar-refractivity contribution in [1.29, 1.82) is 0 Å². The van der Waals surface area contributed by atoms with Crippen molar-refractivity contribution in [3.8, 4) is 0 Å². The topological polar surface area (TPSA) is 50.4 Å². The Balaban J connectivity index is 2.72. The minimum Gasteiger partial charge on any atom is -0.390 e. The van der Waals surface area contributed by atoms with Crippen LogP contribution in [-0.4, -0.2) is 19.5 Å². The van der Waals surface area contributed by atoms with Crippen LogP contribution in [0, 0.1) is 0 Å². The summed E-state index contributed by atoms with van der Waals surface area (Å²) in [5.74, 6) is 0.317. The van der Waals surface area contributed by atoms with Crippen LogP contribution in [-0.2, 0) is 6.61 Å². The lowest BCUT2D eigenvalue weighted by atomic mass is 10.1. The molecule has 2 heterocycles. The number of aliphatic hydroxyl groups excluding tert-OH is 1. The average Bonchev–Trinajstić information content (AvgIpc) is 2.56. The van der Waals surface area contributed by atoms with Crippen molar-refractivity contribution in [3.63, 3.8) is 0 Å². The minimum absolute atomic E-state index is 0.0126. The molecule has 0 fully saturated rings. The van der Waals surface area contributed by atoms with Crippen molar-refractivity contribution in [3.05, 3.63) is 30.0 Å². The van der Waals surface area contributed by atoms with Crippen LogP contribution in [0.1, 0.15) is 31.2 Å². The molecular weight excluding hydrogens is 178 g/mol. The Labute approximate surface area is 82.2 Å². The second-order valence-corrected chi connectivity index (χ2v) is 3.56. The third-order valence-corrected chi connectivity index (χ3v) is 2.26. The molecule has 0 spiro atoms. The molecule has 4 nitrogen and oxygen atoms in total. The molecule has 0 aromatic carbocycles. The van der Waals surface area contributed by atoms with Crippen LogP contribution in [0.2, 0.25) is 0 Å². The molecule has 2 aromatic rings. The van der Waals surface area contributed by atoms with Crippen LogP contribution in [0.4, 0.5) is 0 Å². The van der Waals surface area contributed by atoms with Crippen molar-refractivity contribution < 1.29 is 5.11 Å². The Morgan fingerprint density at radius 1 is 1.50 bits per heavy atom. The Hall–Kier alpha value is -1.42. The fraction of sp³-hybridized carbons (Fsp3) is 0.400. The first kappa shape index (κ1) is 9.15. The Bertz CT molecular complexity index is 448. The van der Waals surface area contributed by atoms with Gasteiger partial charge in [-0.15, -0.1) is 0 Å². The third-order valence-electron chi connectivity index (χ3n) is 2.26. The third kappa shape index (κ3) is 1.28. The number of hydrogen-bond donors (Lipinski definition) is 1. The molecular formula is C10H13N3O. The molecule has 0 saturated heterocycles. The largest absolute Gasteiger partial charge is 0.390 e. The van der Waals surface area contributed by atoms with Crippen LogP contribution >= 0.6 is 0 Å². The van der Waals surface area contributed by atoms with Gasteiger partial charge in [-0.3, -0.25) is 9.38 Å². The van der Waals surface area contributed by atoms with E-state index in [2.05, 4.69) is 23.8 Å². The molecule has 1 N–H and O–H groups in total. The first-order valence-corrected chi connectivity index (χ1v) is 4.65. The standard InChI is InChI=1S/C10H13N3O/c1-7(2)10-8(6-14)13-4-3-11-5-9(13)12-10/h3-5,7,14H,6H2,1-2H3. The number of nitrogens with zero attached hydrogens (tertiary/aromatic N) is 3. The zero-order valence-electron chi connectivity index (χ0n) is 8.31. The smallest absolute Gasteiger partial charge is 0.155 e. The molecule has 0 saturated carbocycles. The molecule has 4 heteroatoms. The van der Waals surface area contributed by atoms with E-state index in [4.69, 9.17) is 0 Å². The first-order valence-electron chi connectivity index (χ1n) is 4.65. The van der Waals surface area contributed by atoms with Crippen molar-refractivity contribution >= 4 is 5.65 Å². The maximum absolute atomic E-state index is 9.27. The lowest BCUT2D eigenvalue weighted by Crippen LogP contribution is -1.97. The van der Waals surface area contributed by atoms with Crippen LogP contribution in [0.5, 0.6) is 0 Å². The summed E-state index contributed by atoms with van der Waals surface area (Å²) in [6.07, 6.45) is 5.21. The summed E-state index contributed by atoms with van der Waals surface area (Å²) < 4.78 is 1.88. The predicted octanol–water partition coefficient (Wildman–Crippen LogP) is 1.34. The van der Waals surface area contributed by atoms with Gasteiger partial charge in [-0.05, 0) is 5.92 Å². The van der Waals surface area contributed by atoms with E-state index in [9.17, 15) is 5.11 Å². The van der Waals surface area contributed by atoms with E-state index >= 15 is 0 Å². The highest BCUT2D eigenvalue weighted by Crippen LogP contribution is 2.19. The molecule has 2 rings (SSSR count). The van der Waals surface area contributed by atoms with Gasteiger partial charge >= 0.3 is 0 Å². The van der Waals surface area contributed by atoms with Crippen molar-refractivity contribution in [1.82, 2.24) is 14.4 Å². The predicted molar refractivity (Wildman–Crippen MR) is 53.0 cm³/mol. The second kappa shape index (κ2) is 3.38. The molecule has 2 aromatic heterocycles. The van der Waals surface area contributed by atoms with E-state index in [1.165, 1.54) is 0 Å². The van der Waals surface area contributed by atoms with Crippen LogP contribution in [0.25, 0.3) is 5.65 Å². The van der Waals surface area contributed by atoms with Gasteiger partial charge in [0.05, 0.1) is 24.2 Å². The molecule has 0 radical (unpaired) electrons. The van der Waals surface area contributed by atoms with E-state index in [0.717, 1.165) is 17.0 Å². The van der Waals surface area contributed by atoms with Gasteiger partial charge in [0.25, 0.3) is 0 Å². The minimum atomic E-state index is 0.0126. The number of rotatable bonds is 2. The highest BCUT2D eigenvalue weighted by molar-refractivity contribution is 5.41. The number of aromatic nitrogens is 3. The van der Waals surface area contributed by atoms with Gasteiger partial charge in [0.15, 0.2) is 5.65 Å². The molecule has 74 valence electrons. The molecule has 0 atom stereocenters. The molecule has 0 aliphatic heterocycles. The fourth-order valence-electron chi connectivity index (χ4n) is 1.60. The maximum Gasteiger partial charge on any atom is 0.155 e. The van der Waals surface area contributed by atoms with Gasteiger partial charge in [-0.2, -0.15) is 0 Å². The normalized spacial score (nSPS) is 11.4. The monoisotopic (exact) mass is 191 g/mol.